The van der Waals surface area contributed by atoms with Crippen LogP contribution in [0, 0.1) is 11.6 Å². The van der Waals surface area contributed by atoms with Gasteiger partial charge in [-0.2, -0.15) is 0 Å². The minimum absolute atomic E-state index is 0.0364. The van der Waals surface area contributed by atoms with Crippen LogP contribution in [0.5, 0.6) is 0 Å². The summed E-state index contributed by atoms with van der Waals surface area (Å²) in [5, 5.41) is 3.23. The van der Waals surface area contributed by atoms with E-state index in [1.54, 1.807) is 12.4 Å². The zero-order valence-corrected chi connectivity index (χ0v) is 17.5. The molecule has 1 aromatic carbocycles. The van der Waals surface area contributed by atoms with E-state index in [1.807, 2.05) is 6.21 Å². The van der Waals surface area contributed by atoms with Crippen LogP contribution in [0.4, 0.5) is 26.1 Å². The van der Waals surface area contributed by atoms with Crippen molar-refractivity contribution in [3.8, 4) is 0 Å². The summed E-state index contributed by atoms with van der Waals surface area (Å²) >= 11 is 0. The number of nitrogens with one attached hydrogen (secondary N) is 1. The van der Waals surface area contributed by atoms with E-state index in [-0.39, 0.29) is 6.04 Å². The highest BCUT2D eigenvalue weighted by Gasteiger charge is 2.30. The Bertz CT molecular complexity index is 953. The van der Waals surface area contributed by atoms with Crippen LogP contribution in [0.25, 0.3) is 0 Å². The van der Waals surface area contributed by atoms with Crippen LogP contribution < -0.4 is 10.2 Å². The predicted molar refractivity (Wildman–Crippen MR) is 117 cm³/mol. The first kappa shape index (κ1) is 20.3. The third kappa shape index (κ3) is 4.24. The van der Waals surface area contributed by atoms with Gasteiger partial charge in [0.1, 0.15) is 12.0 Å². The van der Waals surface area contributed by atoms with Gasteiger partial charge in [0, 0.05) is 45.0 Å². The topological polar surface area (TPSA) is 59.9 Å². The summed E-state index contributed by atoms with van der Waals surface area (Å²) in [6.45, 7) is 6.85. The number of aliphatic imine (C=N–C) groups is 1. The summed E-state index contributed by atoms with van der Waals surface area (Å²) in [7, 11) is 0. The smallest absolute Gasteiger partial charge is 0.160 e. The third-order valence-corrected chi connectivity index (χ3v) is 6.40. The maximum absolute atomic E-state index is 14.0. The summed E-state index contributed by atoms with van der Waals surface area (Å²) in [5.74, 6) is 0.0392. The first-order valence-electron chi connectivity index (χ1n) is 11.0. The lowest BCUT2D eigenvalue weighted by atomic mass is 10.0. The Hall–Kier alpha value is -2.65. The Kier molecular flexibility index (Phi) is 5.78. The molecule has 0 amide bonds. The number of benzene rings is 1. The monoisotopic (exact) mass is 427 g/mol. The third-order valence-electron chi connectivity index (χ3n) is 6.40. The second-order valence-electron chi connectivity index (χ2n) is 8.31. The van der Waals surface area contributed by atoms with E-state index in [1.165, 1.54) is 25.0 Å². The highest BCUT2D eigenvalue weighted by Crippen LogP contribution is 2.35. The van der Waals surface area contributed by atoms with E-state index in [2.05, 4.69) is 35.0 Å². The molecule has 2 fully saturated rings. The number of rotatable bonds is 5. The molecule has 0 saturated carbocycles. The maximum atomic E-state index is 14.0. The summed E-state index contributed by atoms with van der Waals surface area (Å²) in [5.41, 5.74) is 1.63. The molecule has 164 valence electrons. The molecule has 1 atom stereocenters. The van der Waals surface area contributed by atoms with Crippen molar-refractivity contribution in [3.05, 3.63) is 41.7 Å². The number of halogens is 2. The van der Waals surface area contributed by atoms with Gasteiger partial charge in [-0.05, 0) is 43.6 Å². The molecule has 1 N–H and O–H groups in total. The number of nitrogens with zero attached hydrogens (tertiary/aromatic N) is 6. The normalized spacial score (nSPS) is 20.5. The highest BCUT2D eigenvalue weighted by atomic mass is 19.2. The number of anilines is 2. The molecule has 31 heavy (non-hydrogen) atoms. The predicted octanol–water partition coefficient (Wildman–Crippen LogP) is 2.84. The van der Waals surface area contributed by atoms with Gasteiger partial charge in [-0.3, -0.25) is 9.89 Å². The number of hydrogen-bond acceptors (Lipinski definition) is 7. The van der Waals surface area contributed by atoms with Crippen LogP contribution in [0.3, 0.4) is 0 Å². The zero-order valence-electron chi connectivity index (χ0n) is 17.5. The van der Waals surface area contributed by atoms with Gasteiger partial charge in [-0.25, -0.2) is 18.7 Å². The summed E-state index contributed by atoms with van der Waals surface area (Å²) < 4.78 is 27.6. The second-order valence-corrected chi connectivity index (χ2v) is 8.31. The fraction of sp³-hybridized carbons (Fsp3) is 0.500. The first-order valence-corrected chi connectivity index (χ1v) is 11.0. The molecule has 0 radical (unpaired) electrons. The molecule has 3 aliphatic heterocycles. The van der Waals surface area contributed by atoms with Crippen molar-refractivity contribution < 1.29 is 8.78 Å². The Morgan fingerprint density at radius 2 is 1.77 bits per heavy atom. The number of aromatic nitrogens is 2. The van der Waals surface area contributed by atoms with Gasteiger partial charge in [0.2, 0.25) is 0 Å². The fourth-order valence-corrected chi connectivity index (χ4v) is 4.73. The van der Waals surface area contributed by atoms with E-state index >= 15 is 0 Å². The Morgan fingerprint density at radius 1 is 0.968 bits per heavy atom. The average Bonchev–Trinajstić information content (AvgIpc) is 3.33. The van der Waals surface area contributed by atoms with Crippen LogP contribution in [-0.2, 0) is 0 Å². The van der Waals surface area contributed by atoms with Gasteiger partial charge in [0.25, 0.3) is 0 Å². The van der Waals surface area contributed by atoms with Crippen LogP contribution in [0.1, 0.15) is 24.4 Å². The molecule has 2 saturated heterocycles. The van der Waals surface area contributed by atoms with Gasteiger partial charge in [-0.15, -0.1) is 0 Å². The Morgan fingerprint density at radius 3 is 2.55 bits per heavy atom. The van der Waals surface area contributed by atoms with Gasteiger partial charge < -0.3 is 15.1 Å². The summed E-state index contributed by atoms with van der Waals surface area (Å²) in [6, 6.07) is 4.38. The lowest BCUT2D eigenvalue weighted by Gasteiger charge is -2.41. The molecule has 4 heterocycles. The molecule has 5 rings (SSSR count). The molecule has 2 aromatic rings. The van der Waals surface area contributed by atoms with Crippen molar-refractivity contribution in [2.24, 2.45) is 4.99 Å². The van der Waals surface area contributed by atoms with Crippen molar-refractivity contribution >= 4 is 23.5 Å². The summed E-state index contributed by atoms with van der Waals surface area (Å²) in [6.07, 6.45) is 5.81. The van der Waals surface area contributed by atoms with Crippen molar-refractivity contribution in [1.29, 1.82) is 0 Å². The van der Waals surface area contributed by atoms with E-state index in [9.17, 15) is 8.78 Å². The molecule has 0 aliphatic carbocycles. The van der Waals surface area contributed by atoms with Crippen LogP contribution >= 0.6 is 0 Å². The van der Waals surface area contributed by atoms with Gasteiger partial charge >= 0.3 is 0 Å². The zero-order chi connectivity index (χ0) is 21.2. The van der Waals surface area contributed by atoms with E-state index in [4.69, 9.17) is 0 Å². The van der Waals surface area contributed by atoms with Gasteiger partial charge in [0.15, 0.2) is 23.3 Å². The molecule has 1 unspecified atom stereocenters. The van der Waals surface area contributed by atoms with Crippen LogP contribution in [-0.4, -0.2) is 78.3 Å². The van der Waals surface area contributed by atoms with Crippen molar-refractivity contribution in [2.45, 2.75) is 18.9 Å². The molecule has 0 bridgehead atoms. The molecular weight excluding hydrogens is 400 g/mol. The van der Waals surface area contributed by atoms with E-state index in [0.29, 0.717) is 6.54 Å². The minimum atomic E-state index is -0.795. The number of likely N-dealkylation sites (tertiary alicyclic amines) is 1. The van der Waals surface area contributed by atoms with Gasteiger partial charge in [-0.1, -0.05) is 6.07 Å². The molecule has 7 nitrogen and oxygen atoms in total. The van der Waals surface area contributed by atoms with Crippen molar-refractivity contribution in [3.63, 3.8) is 0 Å². The van der Waals surface area contributed by atoms with E-state index < -0.39 is 11.6 Å². The average molecular weight is 428 g/mol. The summed E-state index contributed by atoms with van der Waals surface area (Å²) in [4.78, 5) is 20.3. The Balaban J connectivity index is 1.34. The molecule has 9 heteroatoms. The number of fused-ring (bicyclic) bond motifs is 1. The standard InChI is InChI=1S/C22H27F2N7/c23-17-4-3-16(13-18(17)24)19(14-29-7-1-2-8-29)30-9-11-31(12-10-30)22-20-21(27-15-28-22)26-6-5-25-20/h3-5,13,15,19H,1-2,6-12,14H2,(H,26,27,28). The molecular formula is C22H27F2N7. The lowest BCUT2D eigenvalue weighted by Crippen LogP contribution is -2.50. The van der Waals surface area contributed by atoms with Crippen molar-refractivity contribution in [2.75, 3.05) is 62.6 Å². The fourth-order valence-electron chi connectivity index (χ4n) is 4.73. The highest BCUT2D eigenvalue weighted by molar-refractivity contribution is 5.84. The first-order chi connectivity index (χ1) is 15.2. The van der Waals surface area contributed by atoms with Crippen molar-refractivity contribution in [1.82, 2.24) is 19.8 Å². The van der Waals surface area contributed by atoms with E-state index in [0.717, 1.165) is 68.7 Å². The quantitative estimate of drug-likeness (QED) is 0.792. The number of hydrogen-bond donors (Lipinski definition) is 1. The minimum Gasteiger partial charge on any atom is -0.363 e. The Labute approximate surface area is 180 Å². The second kappa shape index (κ2) is 8.84. The maximum Gasteiger partial charge on any atom is 0.160 e. The number of piperazine rings is 1. The van der Waals surface area contributed by atoms with Crippen LogP contribution in [0.2, 0.25) is 0 Å². The van der Waals surface area contributed by atoms with Gasteiger partial charge in [0.05, 0.1) is 6.54 Å². The largest absolute Gasteiger partial charge is 0.363 e. The lowest BCUT2D eigenvalue weighted by molar-refractivity contribution is 0.143. The molecule has 1 aromatic heterocycles. The molecule has 0 spiro atoms. The SMILES string of the molecule is Fc1ccc(C(CN2CCCC2)N2CCN(c3ncnc4c3N=CCN4)CC2)cc1F. The molecule has 3 aliphatic rings. The van der Waals surface area contributed by atoms with Crippen LogP contribution in [0.15, 0.2) is 29.5 Å².